The van der Waals surface area contributed by atoms with Crippen molar-refractivity contribution < 1.29 is 9.53 Å². The normalized spacial score (nSPS) is 26.7. The molecule has 0 radical (unpaired) electrons. The highest BCUT2D eigenvalue weighted by molar-refractivity contribution is 6.74. The molecule has 3 heteroatoms. The molecule has 2 atom stereocenters. The lowest BCUT2D eigenvalue weighted by Crippen LogP contribution is -2.50. The molecular weight excluding hydrogens is 336 g/mol. The second-order valence-electron chi connectivity index (χ2n) is 9.27. The summed E-state index contributed by atoms with van der Waals surface area (Å²) >= 11 is 0. The molecule has 0 bridgehead atoms. The van der Waals surface area contributed by atoms with E-state index in [2.05, 4.69) is 70.8 Å². The molecule has 0 amide bonds. The second kappa shape index (κ2) is 7.83. The van der Waals surface area contributed by atoms with Gasteiger partial charge in [0.05, 0.1) is 0 Å². The summed E-state index contributed by atoms with van der Waals surface area (Å²) in [7, 11) is -1.80. The molecule has 144 valence electrons. The van der Waals surface area contributed by atoms with Gasteiger partial charge in [-0.1, -0.05) is 75.9 Å². The molecule has 1 aliphatic carbocycles. The van der Waals surface area contributed by atoms with E-state index in [1.54, 1.807) is 6.08 Å². The van der Waals surface area contributed by atoms with Crippen LogP contribution in [-0.4, -0.2) is 25.6 Å². The molecule has 26 heavy (non-hydrogen) atoms. The zero-order valence-electron chi connectivity index (χ0n) is 17.2. The lowest BCUT2D eigenvalue weighted by Gasteiger charge is -2.48. The van der Waals surface area contributed by atoms with Crippen molar-refractivity contribution in [2.45, 2.75) is 70.2 Å². The van der Waals surface area contributed by atoms with Crippen LogP contribution in [0, 0.1) is 5.41 Å². The topological polar surface area (TPSA) is 29.5 Å². The third-order valence-corrected chi connectivity index (χ3v) is 11.1. The molecule has 2 rings (SSSR count). The monoisotopic (exact) mass is 372 g/mol. The van der Waals surface area contributed by atoms with E-state index < -0.39 is 13.9 Å². The molecule has 2 nitrogen and oxygen atoms in total. The molecule has 0 unspecified atom stereocenters. The summed E-state index contributed by atoms with van der Waals surface area (Å²) in [6.45, 7) is 16.0. The number of hydrogen-bond acceptors (Lipinski definition) is 2. The van der Waals surface area contributed by atoms with Gasteiger partial charge in [0.25, 0.3) is 0 Å². The van der Waals surface area contributed by atoms with Gasteiger partial charge in [0.15, 0.2) is 8.32 Å². The Hall–Kier alpha value is -1.16. The molecule has 1 aliphatic rings. The number of hydrogen-bond donors (Lipinski definition) is 1. The molecular formula is C23H36O2Si. The van der Waals surface area contributed by atoms with Crippen molar-refractivity contribution in [3.8, 4) is 0 Å². The van der Waals surface area contributed by atoms with Crippen LogP contribution in [0.3, 0.4) is 0 Å². The number of allylic oxidation sites excluding steroid dienone is 1. The van der Waals surface area contributed by atoms with E-state index in [4.69, 9.17) is 4.43 Å². The van der Waals surface area contributed by atoms with Crippen LogP contribution < -0.4 is 0 Å². The van der Waals surface area contributed by atoms with E-state index in [1.807, 2.05) is 12.1 Å². The Bertz CT molecular complexity index is 629. The number of rotatable bonds is 7. The van der Waals surface area contributed by atoms with Gasteiger partial charge in [0.1, 0.15) is 5.60 Å². The van der Waals surface area contributed by atoms with Crippen molar-refractivity contribution in [1.29, 1.82) is 0 Å². The fourth-order valence-electron chi connectivity index (χ4n) is 3.63. The lowest BCUT2D eigenvalue weighted by atomic mass is 9.61. The van der Waals surface area contributed by atoms with Crippen LogP contribution in [0.15, 0.2) is 55.1 Å². The van der Waals surface area contributed by atoms with Gasteiger partial charge in [0.2, 0.25) is 0 Å². The summed E-state index contributed by atoms with van der Waals surface area (Å²) in [6.07, 6.45) is 9.35. The molecule has 0 fully saturated rings. The first-order chi connectivity index (χ1) is 12.1. The van der Waals surface area contributed by atoms with Gasteiger partial charge in [-0.25, -0.2) is 0 Å². The predicted octanol–water partition coefficient (Wildman–Crippen LogP) is 5.89. The fourth-order valence-corrected chi connectivity index (χ4v) is 4.68. The summed E-state index contributed by atoms with van der Waals surface area (Å²) in [4.78, 5) is 0. The van der Waals surface area contributed by atoms with Crippen LogP contribution in [0.5, 0.6) is 0 Å². The number of aliphatic hydroxyl groups is 1. The van der Waals surface area contributed by atoms with Crippen LogP contribution in [0.4, 0.5) is 0 Å². The van der Waals surface area contributed by atoms with E-state index in [-0.39, 0.29) is 10.5 Å². The molecule has 0 aromatic heterocycles. The van der Waals surface area contributed by atoms with E-state index in [0.29, 0.717) is 6.61 Å². The maximum absolute atomic E-state index is 11.4. The molecule has 1 aromatic rings. The molecule has 1 aromatic carbocycles. The van der Waals surface area contributed by atoms with Crippen LogP contribution in [0.1, 0.15) is 45.6 Å². The predicted molar refractivity (Wildman–Crippen MR) is 114 cm³/mol. The molecule has 0 saturated heterocycles. The van der Waals surface area contributed by atoms with Gasteiger partial charge in [-0.2, -0.15) is 0 Å². The van der Waals surface area contributed by atoms with E-state index in [1.165, 1.54) is 5.56 Å². The first-order valence-electron chi connectivity index (χ1n) is 9.77. The minimum atomic E-state index is -1.80. The van der Waals surface area contributed by atoms with Crippen LogP contribution in [-0.2, 0) is 10.8 Å². The standard InChI is InChI=1S/C23H36O2Si/c1-7-23(24)16-12-11-15-22(23,19-20-13-9-8-10-14-20)17-18-25-26(5,6)21(2,3)4/h7-10,12-14,16,24H,1,11,15,17-19H2,2-6H3/t22-,23+/m1/s1. The number of benzene rings is 1. The average Bonchev–Trinajstić information content (AvgIpc) is 2.57. The smallest absolute Gasteiger partial charge is 0.191 e. The third-order valence-electron chi connectivity index (χ3n) is 6.56. The Kier molecular flexibility index (Phi) is 6.37. The highest BCUT2D eigenvalue weighted by Gasteiger charge is 2.48. The van der Waals surface area contributed by atoms with E-state index in [0.717, 1.165) is 25.7 Å². The second-order valence-corrected chi connectivity index (χ2v) is 14.1. The Morgan fingerprint density at radius 2 is 1.88 bits per heavy atom. The van der Waals surface area contributed by atoms with E-state index >= 15 is 0 Å². The summed E-state index contributed by atoms with van der Waals surface area (Å²) < 4.78 is 6.47. The van der Waals surface area contributed by atoms with Gasteiger partial charge in [-0.15, -0.1) is 0 Å². The minimum Gasteiger partial charge on any atom is -0.417 e. The maximum Gasteiger partial charge on any atom is 0.191 e. The van der Waals surface area contributed by atoms with Crippen molar-refractivity contribution >= 4 is 8.32 Å². The van der Waals surface area contributed by atoms with Gasteiger partial charge < -0.3 is 9.53 Å². The van der Waals surface area contributed by atoms with Crippen LogP contribution >= 0.6 is 0 Å². The first kappa shape index (κ1) is 21.1. The van der Waals surface area contributed by atoms with Gasteiger partial charge in [0, 0.05) is 12.0 Å². The lowest BCUT2D eigenvalue weighted by molar-refractivity contribution is -0.0321. The largest absolute Gasteiger partial charge is 0.417 e. The molecule has 0 aliphatic heterocycles. The Balaban J connectivity index is 2.24. The first-order valence-corrected chi connectivity index (χ1v) is 12.7. The molecule has 1 N–H and O–H groups in total. The van der Waals surface area contributed by atoms with Crippen molar-refractivity contribution in [3.05, 3.63) is 60.7 Å². The van der Waals surface area contributed by atoms with Crippen molar-refractivity contribution in [2.75, 3.05) is 6.61 Å². The third kappa shape index (κ3) is 4.38. The van der Waals surface area contributed by atoms with Crippen LogP contribution in [0.25, 0.3) is 0 Å². The molecule has 0 heterocycles. The summed E-state index contributed by atoms with van der Waals surface area (Å²) in [6, 6.07) is 10.5. The van der Waals surface area contributed by atoms with Gasteiger partial charge in [-0.3, -0.25) is 0 Å². The quantitative estimate of drug-likeness (QED) is 0.477. The fraction of sp³-hybridized carbons (Fsp3) is 0.565. The highest BCUT2D eigenvalue weighted by atomic mass is 28.4. The molecule has 0 spiro atoms. The minimum absolute atomic E-state index is 0.195. The van der Waals surface area contributed by atoms with Crippen molar-refractivity contribution in [2.24, 2.45) is 5.41 Å². The zero-order valence-corrected chi connectivity index (χ0v) is 18.2. The Labute approximate surface area is 161 Å². The molecule has 0 saturated carbocycles. The SMILES string of the molecule is C=C[C@]1(O)C=CCC[C@@]1(CCO[Si](C)(C)C(C)(C)C)Cc1ccccc1. The Morgan fingerprint density at radius 3 is 2.46 bits per heavy atom. The van der Waals surface area contributed by atoms with Gasteiger partial charge >= 0.3 is 0 Å². The van der Waals surface area contributed by atoms with Crippen LogP contribution in [0.2, 0.25) is 18.1 Å². The van der Waals surface area contributed by atoms with Crippen molar-refractivity contribution in [1.82, 2.24) is 0 Å². The summed E-state index contributed by atoms with van der Waals surface area (Å²) in [5.74, 6) is 0. The summed E-state index contributed by atoms with van der Waals surface area (Å²) in [5.41, 5.74) is 0.000802. The van der Waals surface area contributed by atoms with E-state index in [9.17, 15) is 5.11 Å². The zero-order chi connectivity index (χ0) is 19.5. The van der Waals surface area contributed by atoms with Gasteiger partial charge in [-0.05, 0) is 49.4 Å². The Morgan fingerprint density at radius 1 is 1.23 bits per heavy atom. The summed E-state index contributed by atoms with van der Waals surface area (Å²) in [5, 5.41) is 11.6. The maximum atomic E-state index is 11.4. The highest BCUT2D eigenvalue weighted by Crippen LogP contribution is 2.47. The average molecular weight is 373 g/mol. The van der Waals surface area contributed by atoms with Crippen molar-refractivity contribution in [3.63, 3.8) is 0 Å².